The van der Waals surface area contributed by atoms with E-state index in [9.17, 15) is 0 Å². The first-order valence-electron chi connectivity index (χ1n) is 3.07. The zero-order chi connectivity index (χ0) is 6.53. The summed E-state index contributed by atoms with van der Waals surface area (Å²) in [4.78, 5) is 0. The molecule has 56 valence electrons. The molecule has 0 atom stereocenters. The van der Waals surface area contributed by atoms with Gasteiger partial charge in [-0.1, -0.05) is 6.07 Å². The Balaban J connectivity index is 0.000000810. The van der Waals surface area contributed by atoms with Crippen molar-refractivity contribution in [2.45, 2.75) is 6.54 Å². The van der Waals surface area contributed by atoms with Crippen molar-refractivity contribution in [3.8, 4) is 0 Å². The molecular formula is C7H11IN2. The van der Waals surface area contributed by atoms with E-state index in [1.807, 2.05) is 30.6 Å². The molecule has 0 saturated heterocycles. The summed E-state index contributed by atoms with van der Waals surface area (Å²) >= 11 is 0. The summed E-state index contributed by atoms with van der Waals surface area (Å²) in [5, 5.41) is 0. The maximum Gasteiger partial charge on any atom is 0.168 e. The van der Waals surface area contributed by atoms with Crippen LogP contribution in [0.1, 0.15) is 0 Å². The number of aromatic nitrogens is 1. The summed E-state index contributed by atoms with van der Waals surface area (Å²) in [6.45, 7) is 1.61. The Labute approximate surface area is 78.1 Å². The molecule has 0 aliphatic rings. The van der Waals surface area contributed by atoms with Crippen LogP contribution in [0.4, 0.5) is 0 Å². The lowest BCUT2D eigenvalue weighted by Crippen LogP contribution is -3.00. The van der Waals surface area contributed by atoms with Crippen LogP contribution in [-0.4, -0.2) is 6.54 Å². The number of hydrogen-bond acceptors (Lipinski definition) is 1. The van der Waals surface area contributed by atoms with Crippen molar-refractivity contribution >= 4 is 0 Å². The second-order valence-electron chi connectivity index (χ2n) is 1.90. The second-order valence-corrected chi connectivity index (χ2v) is 1.90. The minimum absolute atomic E-state index is 0. The van der Waals surface area contributed by atoms with Gasteiger partial charge in [0.15, 0.2) is 18.9 Å². The maximum atomic E-state index is 5.34. The summed E-state index contributed by atoms with van der Waals surface area (Å²) in [6, 6.07) is 5.98. The summed E-state index contributed by atoms with van der Waals surface area (Å²) in [6.07, 6.45) is 4.01. The fraction of sp³-hybridized carbons (Fsp3) is 0.286. The maximum absolute atomic E-state index is 5.34. The summed E-state index contributed by atoms with van der Waals surface area (Å²) in [7, 11) is 0. The molecule has 0 amide bonds. The van der Waals surface area contributed by atoms with E-state index in [4.69, 9.17) is 5.73 Å². The molecule has 1 aromatic rings. The fourth-order valence-electron chi connectivity index (χ4n) is 0.732. The number of pyridine rings is 1. The highest BCUT2D eigenvalue weighted by atomic mass is 127. The van der Waals surface area contributed by atoms with Crippen LogP contribution >= 0.6 is 0 Å². The smallest absolute Gasteiger partial charge is 0.168 e. The third-order valence-electron chi connectivity index (χ3n) is 1.16. The molecule has 0 aliphatic carbocycles. The first kappa shape index (κ1) is 9.84. The van der Waals surface area contributed by atoms with Gasteiger partial charge in [0.1, 0.15) is 0 Å². The van der Waals surface area contributed by atoms with Crippen LogP contribution in [0.15, 0.2) is 30.6 Å². The third-order valence-corrected chi connectivity index (χ3v) is 1.16. The van der Waals surface area contributed by atoms with Gasteiger partial charge in [0.25, 0.3) is 0 Å². The molecule has 0 fully saturated rings. The van der Waals surface area contributed by atoms with Gasteiger partial charge in [-0.3, -0.25) is 0 Å². The Kier molecular flexibility index (Phi) is 5.52. The van der Waals surface area contributed by atoms with Gasteiger partial charge >= 0.3 is 0 Å². The van der Waals surface area contributed by atoms with Crippen LogP contribution in [0, 0.1) is 0 Å². The van der Waals surface area contributed by atoms with Crippen molar-refractivity contribution in [2.24, 2.45) is 5.73 Å². The number of nitrogens with two attached hydrogens (primary N) is 1. The van der Waals surface area contributed by atoms with Crippen LogP contribution in [0.3, 0.4) is 0 Å². The average Bonchev–Trinajstić information content (AvgIpc) is 1.91. The highest BCUT2D eigenvalue weighted by molar-refractivity contribution is 4.83. The first-order valence-corrected chi connectivity index (χ1v) is 3.07. The minimum atomic E-state index is 0. The monoisotopic (exact) mass is 250 g/mol. The van der Waals surface area contributed by atoms with Gasteiger partial charge in [-0.15, -0.1) is 0 Å². The normalized spacial score (nSPS) is 8.50. The van der Waals surface area contributed by atoms with Gasteiger partial charge in [0.05, 0.1) is 6.54 Å². The summed E-state index contributed by atoms with van der Waals surface area (Å²) < 4.78 is 2.06. The molecule has 0 radical (unpaired) electrons. The molecule has 0 aliphatic heterocycles. The quantitative estimate of drug-likeness (QED) is 0.438. The predicted octanol–water partition coefficient (Wildman–Crippen LogP) is -3.06. The topological polar surface area (TPSA) is 29.9 Å². The molecule has 10 heavy (non-hydrogen) atoms. The molecule has 2 N–H and O–H groups in total. The van der Waals surface area contributed by atoms with Gasteiger partial charge in [-0.25, -0.2) is 4.57 Å². The Morgan fingerprint density at radius 3 is 2.20 bits per heavy atom. The molecule has 0 aromatic carbocycles. The van der Waals surface area contributed by atoms with Gasteiger partial charge < -0.3 is 29.7 Å². The van der Waals surface area contributed by atoms with E-state index in [0.717, 1.165) is 6.54 Å². The van der Waals surface area contributed by atoms with Crippen LogP contribution in [0.25, 0.3) is 0 Å². The van der Waals surface area contributed by atoms with E-state index in [1.54, 1.807) is 0 Å². The van der Waals surface area contributed by atoms with Crippen LogP contribution < -0.4 is 34.3 Å². The summed E-state index contributed by atoms with van der Waals surface area (Å²) in [5.74, 6) is 0. The van der Waals surface area contributed by atoms with Crippen molar-refractivity contribution in [1.82, 2.24) is 0 Å². The van der Waals surface area contributed by atoms with Crippen molar-refractivity contribution < 1.29 is 28.5 Å². The van der Waals surface area contributed by atoms with Crippen LogP contribution in [0.2, 0.25) is 0 Å². The van der Waals surface area contributed by atoms with E-state index < -0.39 is 0 Å². The van der Waals surface area contributed by atoms with Gasteiger partial charge in [-0.2, -0.15) is 0 Å². The van der Waals surface area contributed by atoms with E-state index >= 15 is 0 Å². The van der Waals surface area contributed by atoms with Crippen LogP contribution in [0.5, 0.6) is 0 Å². The molecule has 3 heteroatoms. The zero-order valence-electron chi connectivity index (χ0n) is 5.70. The number of nitrogens with zero attached hydrogens (tertiary/aromatic N) is 1. The van der Waals surface area contributed by atoms with E-state index in [-0.39, 0.29) is 24.0 Å². The molecule has 1 rings (SSSR count). The Bertz CT molecular complexity index is 165. The molecule has 0 unspecified atom stereocenters. The van der Waals surface area contributed by atoms with E-state index in [1.165, 1.54) is 0 Å². The zero-order valence-corrected chi connectivity index (χ0v) is 7.86. The van der Waals surface area contributed by atoms with E-state index in [2.05, 4.69) is 4.57 Å². The SMILES string of the molecule is NCC[n+]1ccccc1.[I-]. The number of halogens is 1. The van der Waals surface area contributed by atoms with Gasteiger partial charge in [0.2, 0.25) is 0 Å². The first-order chi connectivity index (χ1) is 4.43. The summed E-state index contributed by atoms with van der Waals surface area (Å²) in [5.41, 5.74) is 5.34. The van der Waals surface area contributed by atoms with Crippen molar-refractivity contribution in [1.29, 1.82) is 0 Å². The minimum Gasteiger partial charge on any atom is -1.00 e. The Hall–Kier alpha value is -0.160. The molecular weight excluding hydrogens is 239 g/mol. The molecule has 1 aromatic heterocycles. The molecule has 0 spiro atoms. The largest absolute Gasteiger partial charge is 1.00 e. The third kappa shape index (κ3) is 3.12. The lowest BCUT2D eigenvalue weighted by atomic mass is 10.5. The standard InChI is InChI=1S/C7H11N2.HI/c8-4-7-9-5-2-1-3-6-9;/h1-3,5-6H,4,7-8H2;1H/q+1;/p-1. The van der Waals surface area contributed by atoms with E-state index in [0.29, 0.717) is 6.54 Å². The number of hydrogen-bond donors (Lipinski definition) is 1. The molecule has 0 saturated carbocycles. The highest BCUT2D eigenvalue weighted by Gasteiger charge is 1.90. The van der Waals surface area contributed by atoms with Gasteiger partial charge in [-0.05, 0) is 0 Å². The molecule has 0 bridgehead atoms. The van der Waals surface area contributed by atoms with Crippen molar-refractivity contribution in [3.63, 3.8) is 0 Å². The molecule has 2 nitrogen and oxygen atoms in total. The molecule has 1 heterocycles. The lowest BCUT2D eigenvalue weighted by Gasteiger charge is -1.89. The Morgan fingerprint density at radius 1 is 1.10 bits per heavy atom. The van der Waals surface area contributed by atoms with Gasteiger partial charge in [0, 0.05) is 12.1 Å². The van der Waals surface area contributed by atoms with Crippen LogP contribution in [-0.2, 0) is 6.54 Å². The second kappa shape index (κ2) is 5.61. The fourth-order valence-corrected chi connectivity index (χ4v) is 0.732. The lowest BCUT2D eigenvalue weighted by molar-refractivity contribution is -0.694. The number of rotatable bonds is 2. The average molecular weight is 250 g/mol. The van der Waals surface area contributed by atoms with Crippen molar-refractivity contribution in [2.75, 3.05) is 6.54 Å². The van der Waals surface area contributed by atoms with Crippen molar-refractivity contribution in [3.05, 3.63) is 30.6 Å². The predicted molar refractivity (Wildman–Crippen MR) is 35.7 cm³/mol. The highest BCUT2D eigenvalue weighted by Crippen LogP contribution is 1.74. The Morgan fingerprint density at radius 2 is 1.70 bits per heavy atom.